The van der Waals surface area contributed by atoms with E-state index in [1.807, 2.05) is 0 Å². The largest absolute Gasteiger partial charge is 0.315 e. The molecule has 0 saturated carbocycles. The summed E-state index contributed by atoms with van der Waals surface area (Å²) < 4.78 is 0. The van der Waals surface area contributed by atoms with Gasteiger partial charge in [-0.15, -0.1) is 0 Å². The predicted molar refractivity (Wildman–Crippen MR) is 56.7 cm³/mol. The quantitative estimate of drug-likeness (QED) is 0.680. The van der Waals surface area contributed by atoms with E-state index in [0.717, 1.165) is 19.6 Å². The summed E-state index contributed by atoms with van der Waals surface area (Å²) in [6.45, 7) is 2.88. The Kier molecular flexibility index (Phi) is 4.33. The van der Waals surface area contributed by atoms with Crippen LogP contribution in [0.25, 0.3) is 0 Å². The molecule has 2 N–H and O–H groups in total. The second-order valence-corrected chi connectivity index (χ2v) is 4.29. The molecule has 2 atom stereocenters. The van der Waals surface area contributed by atoms with Gasteiger partial charge in [-0.3, -0.25) is 4.90 Å². The van der Waals surface area contributed by atoms with E-state index in [2.05, 4.69) is 30.0 Å². The zero-order valence-corrected chi connectivity index (χ0v) is 9.11. The van der Waals surface area contributed by atoms with E-state index in [1.165, 1.54) is 12.8 Å². The summed E-state index contributed by atoms with van der Waals surface area (Å²) >= 11 is 0. The highest BCUT2D eigenvalue weighted by atomic mass is 15.2. The highest BCUT2D eigenvalue weighted by Gasteiger charge is 2.25. The summed E-state index contributed by atoms with van der Waals surface area (Å²) in [5.41, 5.74) is 5.63. The summed E-state index contributed by atoms with van der Waals surface area (Å²) in [5.74, 6) is 0. The Morgan fingerprint density at radius 3 is 2.93 bits per heavy atom. The number of hydrogen-bond donors (Lipinski definition) is 1. The smallest absolute Gasteiger partial charge is 0.106 e. The Hall–Kier alpha value is -0.630. The Bertz CT molecular complexity index is 209. The Balaban J connectivity index is 2.39. The molecular formula is C10H20N4. The highest BCUT2D eigenvalue weighted by molar-refractivity contribution is 4.92. The van der Waals surface area contributed by atoms with Gasteiger partial charge in [-0.25, -0.2) is 0 Å². The lowest BCUT2D eigenvalue weighted by Gasteiger charge is -2.27. The molecule has 0 spiro atoms. The number of likely N-dealkylation sites (N-methyl/N-ethyl adjacent to an activating group) is 1. The van der Waals surface area contributed by atoms with Crippen molar-refractivity contribution >= 4 is 0 Å². The van der Waals surface area contributed by atoms with Crippen LogP contribution >= 0.6 is 0 Å². The van der Waals surface area contributed by atoms with Crippen LogP contribution in [0, 0.1) is 11.3 Å². The van der Waals surface area contributed by atoms with Crippen molar-refractivity contribution < 1.29 is 0 Å². The second kappa shape index (κ2) is 5.30. The van der Waals surface area contributed by atoms with Crippen molar-refractivity contribution in [3.8, 4) is 6.07 Å². The van der Waals surface area contributed by atoms with Crippen molar-refractivity contribution in [2.75, 3.05) is 33.7 Å². The van der Waals surface area contributed by atoms with E-state index in [9.17, 15) is 0 Å². The molecule has 0 aromatic heterocycles. The summed E-state index contributed by atoms with van der Waals surface area (Å²) in [5, 5.41) is 8.65. The average Bonchev–Trinajstić information content (AvgIpc) is 2.52. The van der Waals surface area contributed by atoms with Crippen LogP contribution in [0.15, 0.2) is 0 Å². The Labute approximate surface area is 86.3 Å². The normalized spacial score (nSPS) is 25.2. The molecule has 0 radical (unpaired) electrons. The molecule has 1 heterocycles. The maximum Gasteiger partial charge on any atom is 0.106 e. The molecule has 0 bridgehead atoms. The van der Waals surface area contributed by atoms with Crippen LogP contribution in [0.4, 0.5) is 0 Å². The Morgan fingerprint density at radius 2 is 2.36 bits per heavy atom. The molecule has 1 aliphatic heterocycles. The minimum absolute atomic E-state index is 0.335. The van der Waals surface area contributed by atoms with E-state index < -0.39 is 0 Å². The Morgan fingerprint density at radius 1 is 1.64 bits per heavy atom. The van der Waals surface area contributed by atoms with Gasteiger partial charge < -0.3 is 10.6 Å². The fraction of sp³-hybridized carbons (Fsp3) is 0.900. The lowest BCUT2D eigenvalue weighted by atomic mass is 10.2. The summed E-state index contributed by atoms with van der Waals surface area (Å²) in [4.78, 5) is 4.54. The molecular weight excluding hydrogens is 176 g/mol. The predicted octanol–water partition coefficient (Wildman–Crippen LogP) is -0.137. The molecule has 1 aliphatic rings. The first-order valence-corrected chi connectivity index (χ1v) is 5.17. The van der Waals surface area contributed by atoms with Gasteiger partial charge in [0.1, 0.15) is 6.04 Å². The van der Waals surface area contributed by atoms with E-state index >= 15 is 0 Å². The van der Waals surface area contributed by atoms with E-state index in [-0.39, 0.29) is 6.04 Å². The number of hydrogen-bond acceptors (Lipinski definition) is 4. The van der Waals surface area contributed by atoms with Gasteiger partial charge in [-0.05, 0) is 33.5 Å². The molecule has 1 saturated heterocycles. The van der Waals surface area contributed by atoms with Crippen molar-refractivity contribution in [3.05, 3.63) is 0 Å². The number of likely N-dealkylation sites (tertiary alicyclic amines) is 1. The van der Waals surface area contributed by atoms with Crippen molar-refractivity contribution in [1.82, 2.24) is 9.80 Å². The summed E-state index contributed by atoms with van der Waals surface area (Å²) in [7, 11) is 4.17. The van der Waals surface area contributed by atoms with Gasteiger partial charge in [0.15, 0.2) is 0 Å². The first kappa shape index (κ1) is 11.4. The van der Waals surface area contributed by atoms with Crippen molar-refractivity contribution in [3.63, 3.8) is 0 Å². The van der Waals surface area contributed by atoms with E-state index in [1.54, 1.807) is 0 Å². The fourth-order valence-electron chi connectivity index (χ4n) is 2.06. The number of nitrogens with two attached hydrogens (primary N) is 1. The standard InChI is InChI=1S/C10H20N4/c1-13(2)8-10-4-3-5-14(10)7-9(12)6-11/h9-10H,3-5,7-8,12H2,1-2H3. The van der Waals surface area contributed by atoms with Gasteiger partial charge in [-0.1, -0.05) is 0 Å². The molecule has 4 nitrogen and oxygen atoms in total. The van der Waals surface area contributed by atoms with Crippen LogP contribution in [-0.4, -0.2) is 55.6 Å². The molecule has 2 unspecified atom stereocenters. The maximum absolute atomic E-state index is 8.65. The maximum atomic E-state index is 8.65. The third-order valence-corrected chi connectivity index (χ3v) is 2.67. The molecule has 14 heavy (non-hydrogen) atoms. The van der Waals surface area contributed by atoms with Gasteiger partial charge in [0.2, 0.25) is 0 Å². The molecule has 1 fully saturated rings. The van der Waals surface area contributed by atoms with Gasteiger partial charge in [-0.2, -0.15) is 5.26 Å². The van der Waals surface area contributed by atoms with Crippen LogP contribution < -0.4 is 5.73 Å². The highest BCUT2D eigenvalue weighted by Crippen LogP contribution is 2.17. The molecule has 0 aromatic rings. The minimum atomic E-state index is -0.335. The minimum Gasteiger partial charge on any atom is -0.315 e. The molecule has 0 amide bonds. The summed E-state index contributed by atoms with van der Waals surface area (Å²) in [6, 6.07) is 2.34. The monoisotopic (exact) mass is 196 g/mol. The van der Waals surface area contributed by atoms with Crippen molar-refractivity contribution in [1.29, 1.82) is 5.26 Å². The van der Waals surface area contributed by atoms with Gasteiger partial charge in [0.25, 0.3) is 0 Å². The molecule has 4 heteroatoms. The lowest BCUT2D eigenvalue weighted by molar-refractivity contribution is 0.205. The van der Waals surface area contributed by atoms with Crippen molar-refractivity contribution in [2.45, 2.75) is 24.9 Å². The second-order valence-electron chi connectivity index (χ2n) is 4.29. The average molecular weight is 196 g/mol. The third-order valence-electron chi connectivity index (χ3n) is 2.67. The topological polar surface area (TPSA) is 56.3 Å². The molecule has 0 aromatic carbocycles. The van der Waals surface area contributed by atoms with Crippen LogP contribution in [0.5, 0.6) is 0 Å². The van der Waals surface area contributed by atoms with Crippen LogP contribution in [0.1, 0.15) is 12.8 Å². The molecule has 80 valence electrons. The van der Waals surface area contributed by atoms with Gasteiger partial charge in [0, 0.05) is 19.1 Å². The zero-order valence-electron chi connectivity index (χ0n) is 9.11. The van der Waals surface area contributed by atoms with Crippen molar-refractivity contribution in [2.24, 2.45) is 5.73 Å². The van der Waals surface area contributed by atoms with E-state index in [0.29, 0.717) is 6.04 Å². The van der Waals surface area contributed by atoms with Crippen LogP contribution in [0.3, 0.4) is 0 Å². The SMILES string of the molecule is CN(C)CC1CCCN1CC(N)C#N. The molecule has 1 rings (SSSR count). The summed E-state index contributed by atoms with van der Waals surface area (Å²) in [6.07, 6.45) is 2.47. The zero-order chi connectivity index (χ0) is 10.6. The van der Waals surface area contributed by atoms with E-state index in [4.69, 9.17) is 11.0 Å². The number of nitrogens with zero attached hydrogens (tertiary/aromatic N) is 3. The first-order valence-electron chi connectivity index (χ1n) is 5.17. The number of nitriles is 1. The third kappa shape index (κ3) is 3.26. The van der Waals surface area contributed by atoms with Gasteiger partial charge >= 0.3 is 0 Å². The number of rotatable bonds is 4. The van der Waals surface area contributed by atoms with Gasteiger partial charge in [0.05, 0.1) is 6.07 Å². The first-order chi connectivity index (χ1) is 6.63. The fourth-order valence-corrected chi connectivity index (χ4v) is 2.06. The van der Waals surface area contributed by atoms with Crippen LogP contribution in [-0.2, 0) is 0 Å². The molecule has 0 aliphatic carbocycles. The lowest BCUT2D eigenvalue weighted by Crippen LogP contribution is -2.43. The van der Waals surface area contributed by atoms with Crippen LogP contribution in [0.2, 0.25) is 0 Å².